The number of sulfonamides is 1. The first kappa shape index (κ1) is 20.7. The number of hydrogen-bond acceptors (Lipinski definition) is 5. The number of benzene rings is 3. The number of thiazole rings is 1. The minimum Gasteiger partial charge on any atom is -0.322 e. The van der Waals surface area contributed by atoms with Crippen LogP contribution in [0.2, 0.25) is 0 Å². The summed E-state index contributed by atoms with van der Waals surface area (Å²) < 4.78 is 40.2. The lowest BCUT2D eigenvalue weighted by Crippen LogP contribution is -2.14. The van der Waals surface area contributed by atoms with Crippen molar-refractivity contribution in [3.8, 4) is 10.6 Å². The van der Waals surface area contributed by atoms with E-state index in [4.69, 9.17) is 0 Å². The average molecular weight is 454 g/mol. The highest BCUT2D eigenvalue weighted by Gasteiger charge is 2.15. The molecule has 1 aromatic heterocycles. The van der Waals surface area contributed by atoms with Crippen LogP contribution in [-0.2, 0) is 10.0 Å². The molecule has 4 rings (SSSR count). The molecule has 31 heavy (non-hydrogen) atoms. The second-order valence-corrected chi connectivity index (χ2v) is 9.09. The van der Waals surface area contributed by atoms with Crippen LogP contribution < -0.4 is 10.0 Å². The first-order chi connectivity index (χ1) is 14.9. The van der Waals surface area contributed by atoms with Gasteiger partial charge in [-0.25, -0.2) is 17.8 Å². The van der Waals surface area contributed by atoms with Crippen molar-refractivity contribution in [2.45, 2.75) is 4.90 Å². The van der Waals surface area contributed by atoms with Crippen molar-refractivity contribution in [1.29, 1.82) is 0 Å². The molecule has 0 aliphatic rings. The normalized spacial score (nSPS) is 11.1. The largest absolute Gasteiger partial charge is 0.322 e. The zero-order chi connectivity index (χ0) is 21.8. The Balaban J connectivity index is 1.45. The summed E-state index contributed by atoms with van der Waals surface area (Å²) in [6, 6.07) is 17.9. The van der Waals surface area contributed by atoms with Crippen LogP contribution in [0.3, 0.4) is 0 Å². The molecule has 0 bridgehead atoms. The van der Waals surface area contributed by atoms with E-state index in [9.17, 15) is 17.6 Å². The highest BCUT2D eigenvalue weighted by Crippen LogP contribution is 2.25. The van der Waals surface area contributed by atoms with Gasteiger partial charge in [0.1, 0.15) is 10.8 Å². The highest BCUT2D eigenvalue weighted by molar-refractivity contribution is 7.92. The van der Waals surface area contributed by atoms with E-state index in [0.717, 1.165) is 22.7 Å². The fourth-order valence-electron chi connectivity index (χ4n) is 2.82. The smallest absolute Gasteiger partial charge is 0.261 e. The Hall–Kier alpha value is -3.56. The van der Waals surface area contributed by atoms with Gasteiger partial charge in [-0.2, -0.15) is 0 Å². The third-order valence-corrected chi connectivity index (χ3v) is 6.54. The van der Waals surface area contributed by atoms with E-state index in [2.05, 4.69) is 15.0 Å². The van der Waals surface area contributed by atoms with E-state index in [1.165, 1.54) is 47.7 Å². The van der Waals surface area contributed by atoms with Gasteiger partial charge in [0, 0.05) is 34.1 Å². The molecule has 9 heteroatoms. The minimum absolute atomic E-state index is 0.0594. The molecule has 0 radical (unpaired) electrons. The van der Waals surface area contributed by atoms with Crippen molar-refractivity contribution in [2.24, 2.45) is 0 Å². The summed E-state index contributed by atoms with van der Waals surface area (Å²) in [6.45, 7) is 0. The number of aromatic nitrogens is 1. The van der Waals surface area contributed by atoms with Crippen LogP contribution >= 0.6 is 11.3 Å². The summed E-state index contributed by atoms with van der Waals surface area (Å²) in [6.07, 6.45) is 1.72. The Bertz CT molecular complexity index is 1310. The van der Waals surface area contributed by atoms with Crippen LogP contribution in [0, 0.1) is 5.82 Å². The molecular weight excluding hydrogens is 437 g/mol. The fourth-order valence-corrected chi connectivity index (χ4v) is 4.51. The number of nitrogens with zero attached hydrogens (tertiary/aromatic N) is 1. The zero-order valence-electron chi connectivity index (χ0n) is 15.9. The maximum absolute atomic E-state index is 13.0. The molecule has 2 N–H and O–H groups in total. The van der Waals surface area contributed by atoms with Gasteiger partial charge in [0.2, 0.25) is 0 Å². The maximum atomic E-state index is 13.0. The quantitative estimate of drug-likeness (QED) is 0.430. The van der Waals surface area contributed by atoms with Gasteiger partial charge in [0.05, 0.1) is 4.90 Å². The molecule has 156 valence electrons. The molecule has 3 aromatic carbocycles. The van der Waals surface area contributed by atoms with Crippen LogP contribution in [0.25, 0.3) is 10.6 Å². The van der Waals surface area contributed by atoms with Crippen LogP contribution in [0.15, 0.2) is 89.3 Å². The molecule has 6 nitrogen and oxygen atoms in total. The van der Waals surface area contributed by atoms with Gasteiger partial charge in [0.15, 0.2) is 0 Å². The third-order valence-electron chi connectivity index (χ3n) is 4.32. The number of hydrogen-bond donors (Lipinski definition) is 2. The number of halogens is 1. The first-order valence-corrected chi connectivity index (χ1v) is 11.5. The zero-order valence-corrected chi connectivity index (χ0v) is 17.6. The molecule has 0 unspecified atom stereocenters. The molecule has 0 saturated carbocycles. The van der Waals surface area contributed by atoms with Gasteiger partial charge in [-0.15, -0.1) is 11.3 Å². The van der Waals surface area contributed by atoms with E-state index < -0.39 is 15.8 Å². The number of rotatable bonds is 6. The summed E-state index contributed by atoms with van der Waals surface area (Å²) in [4.78, 5) is 16.8. The SMILES string of the molecule is O=C(Nc1cccc(-c2nccs2)c1)c1ccc(NS(=O)(=O)c2ccc(F)cc2)cc1. The van der Waals surface area contributed by atoms with Crippen molar-refractivity contribution in [3.63, 3.8) is 0 Å². The fraction of sp³-hybridized carbons (Fsp3) is 0. The summed E-state index contributed by atoms with van der Waals surface area (Å²) >= 11 is 1.51. The Morgan fingerprint density at radius 1 is 0.935 bits per heavy atom. The Kier molecular flexibility index (Phi) is 5.79. The lowest BCUT2D eigenvalue weighted by molar-refractivity contribution is 0.102. The van der Waals surface area contributed by atoms with Crippen LogP contribution in [0.1, 0.15) is 10.4 Å². The number of carbonyl (C=O) groups excluding carboxylic acids is 1. The maximum Gasteiger partial charge on any atom is 0.261 e. The van der Waals surface area contributed by atoms with Gasteiger partial charge in [-0.05, 0) is 60.7 Å². The average Bonchev–Trinajstić information content (AvgIpc) is 3.29. The van der Waals surface area contributed by atoms with Crippen LogP contribution in [0.5, 0.6) is 0 Å². The van der Waals surface area contributed by atoms with Crippen molar-refractivity contribution >= 4 is 38.6 Å². The monoisotopic (exact) mass is 453 g/mol. The van der Waals surface area contributed by atoms with Gasteiger partial charge < -0.3 is 5.32 Å². The molecule has 4 aromatic rings. The standard InChI is InChI=1S/C22H16FN3O3S2/c23-17-6-10-20(11-7-17)31(28,29)26-18-8-4-15(5-9-18)21(27)25-19-3-1-2-16(14-19)22-24-12-13-30-22/h1-14,26H,(H,25,27). The summed E-state index contributed by atoms with van der Waals surface area (Å²) in [5, 5.41) is 5.56. The molecule has 0 aliphatic heterocycles. The topological polar surface area (TPSA) is 88.2 Å². The van der Waals surface area contributed by atoms with Crippen LogP contribution in [0.4, 0.5) is 15.8 Å². The third kappa shape index (κ3) is 4.96. The summed E-state index contributed by atoms with van der Waals surface area (Å²) in [5.74, 6) is -0.851. The van der Waals surface area contributed by atoms with Crippen molar-refractivity contribution in [3.05, 3.63) is 95.8 Å². The van der Waals surface area contributed by atoms with Gasteiger partial charge in [-0.3, -0.25) is 9.52 Å². The predicted octanol–water partition coefficient (Wildman–Crippen LogP) is 5.00. The second kappa shape index (κ2) is 8.66. The second-order valence-electron chi connectivity index (χ2n) is 6.51. The molecule has 0 aliphatic carbocycles. The summed E-state index contributed by atoms with van der Waals surface area (Å²) in [7, 11) is -3.86. The minimum atomic E-state index is -3.86. The molecule has 0 atom stereocenters. The molecule has 0 fully saturated rings. The highest BCUT2D eigenvalue weighted by atomic mass is 32.2. The van der Waals surface area contributed by atoms with Gasteiger partial charge in [0.25, 0.3) is 15.9 Å². The van der Waals surface area contributed by atoms with E-state index in [-0.39, 0.29) is 16.5 Å². The van der Waals surface area contributed by atoms with E-state index >= 15 is 0 Å². The predicted molar refractivity (Wildman–Crippen MR) is 119 cm³/mol. The van der Waals surface area contributed by atoms with Gasteiger partial charge in [-0.1, -0.05) is 12.1 Å². The number of nitrogens with one attached hydrogen (secondary N) is 2. The molecule has 0 saturated heterocycles. The van der Waals surface area contributed by atoms with E-state index in [1.54, 1.807) is 12.3 Å². The van der Waals surface area contributed by atoms with Crippen LogP contribution in [-0.4, -0.2) is 19.3 Å². The summed E-state index contributed by atoms with van der Waals surface area (Å²) in [5.41, 5.74) is 2.17. The molecule has 0 spiro atoms. The van der Waals surface area contributed by atoms with E-state index in [0.29, 0.717) is 11.3 Å². The van der Waals surface area contributed by atoms with Crippen molar-refractivity contribution < 1.29 is 17.6 Å². The number of carbonyl (C=O) groups is 1. The van der Waals surface area contributed by atoms with Crippen molar-refractivity contribution in [1.82, 2.24) is 4.98 Å². The molecule has 1 amide bonds. The van der Waals surface area contributed by atoms with Crippen molar-refractivity contribution in [2.75, 3.05) is 10.0 Å². The molecular formula is C22H16FN3O3S2. The lowest BCUT2D eigenvalue weighted by Gasteiger charge is -2.10. The number of amides is 1. The molecule has 1 heterocycles. The number of anilines is 2. The first-order valence-electron chi connectivity index (χ1n) is 9.10. The van der Waals surface area contributed by atoms with Gasteiger partial charge >= 0.3 is 0 Å². The lowest BCUT2D eigenvalue weighted by atomic mass is 10.1. The van der Waals surface area contributed by atoms with E-state index in [1.807, 2.05) is 23.6 Å². The Labute approximate surface area is 182 Å². The Morgan fingerprint density at radius 3 is 2.35 bits per heavy atom. The Morgan fingerprint density at radius 2 is 1.68 bits per heavy atom.